The Labute approximate surface area is 404 Å². The van der Waals surface area contributed by atoms with Gasteiger partial charge >= 0.3 is 0 Å². The Morgan fingerprint density at radius 1 is 0.377 bits per heavy atom. The summed E-state index contributed by atoms with van der Waals surface area (Å²) < 4.78 is 8.81. The summed E-state index contributed by atoms with van der Waals surface area (Å²) in [6, 6.07) is 80.1. The van der Waals surface area contributed by atoms with Gasteiger partial charge in [0.15, 0.2) is 0 Å². The first kappa shape index (κ1) is 42.2. The number of rotatable bonds is 7. The van der Waals surface area contributed by atoms with Crippen LogP contribution in [0.3, 0.4) is 0 Å². The van der Waals surface area contributed by atoms with Gasteiger partial charge in [0.25, 0.3) is 0 Å². The zero-order valence-electron chi connectivity index (χ0n) is 40.1. The van der Waals surface area contributed by atoms with E-state index >= 15 is 0 Å². The minimum atomic E-state index is -0.0181. The molecular weight excluding hydrogens is 837 g/mol. The van der Waals surface area contributed by atoms with Crippen LogP contribution >= 0.6 is 0 Å². The predicted octanol–water partition coefficient (Wildman–Crippen LogP) is 18.9. The fraction of sp³-hybridized carbons (Fsp3) is 0.121. The van der Waals surface area contributed by atoms with Crippen molar-refractivity contribution in [1.29, 1.82) is 0 Å². The van der Waals surface area contributed by atoms with Crippen LogP contribution < -0.4 is 4.90 Å². The zero-order valence-corrected chi connectivity index (χ0v) is 40.1. The number of furan rings is 1. The Balaban J connectivity index is 1.12. The molecule has 2 heterocycles. The number of benzene rings is 10. The van der Waals surface area contributed by atoms with Gasteiger partial charge in [0.05, 0.1) is 16.7 Å². The molecule has 12 aromatic rings. The van der Waals surface area contributed by atoms with E-state index in [1.807, 2.05) is 6.07 Å². The second kappa shape index (κ2) is 16.3. The molecule has 69 heavy (non-hydrogen) atoms. The maximum absolute atomic E-state index is 6.42. The largest absolute Gasteiger partial charge is 0.456 e. The fourth-order valence-electron chi connectivity index (χ4n) is 10.6. The van der Waals surface area contributed by atoms with Crippen LogP contribution in [0.5, 0.6) is 0 Å². The van der Waals surface area contributed by atoms with E-state index < -0.39 is 0 Å². The van der Waals surface area contributed by atoms with Gasteiger partial charge in [0.2, 0.25) is 0 Å². The summed E-state index contributed by atoms with van der Waals surface area (Å²) in [6.07, 6.45) is 0. The van der Waals surface area contributed by atoms with Crippen molar-refractivity contribution in [3.05, 3.63) is 230 Å². The Morgan fingerprint density at radius 2 is 0.957 bits per heavy atom. The molecule has 10 aromatic carbocycles. The molecule has 0 aliphatic rings. The molecule has 0 saturated carbocycles. The Bertz CT molecular complexity index is 3890. The highest BCUT2D eigenvalue weighted by Crippen LogP contribution is 2.48. The van der Waals surface area contributed by atoms with Crippen LogP contribution in [0.4, 0.5) is 17.1 Å². The lowest BCUT2D eigenvalue weighted by Crippen LogP contribution is -2.16. The summed E-state index contributed by atoms with van der Waals surface area (Å²) in [7, 11) is 0. The third-order valence-corrected chi connectivity index (χ3v) is 14.1. The first-order valence-electron chi connectivity index (χ1n) is 24.2. The highest BCUT2D eigenvalue weighted by atomic mass is 16.3. The maximum Gasteiger partial charge on any atom is 0.136 e. The number of hydrogen-bond donors (Lipinski definition) is 0. The molecule has 334 valence electrons. The normalized spacial score (nSPS) is 12.2. The highest BCUT2D eigenvalue weighted by molar-refractivity contribution is 6.14. The monoisotopic (exact) mass is 890 g/mol. The van der Waals surface area contributed by atoms with Crippen LogP contribution in [0.1, 0.15) is 52.7 Å². The second-order valence-corrected chi connectivity index (χ2v) is 20.6. The summed E-state index contributed by atoms with van der Waals surface area (Å²) in [5.41, 5.74) is 18.2. The standard InChI is InChI=1S/C66H54N2O/c1-65(2,3)46-38-45(39-47(41-46)66(4,5)6)52-29-17-20-43-21-18-31-55(63(43)52)53-26-10-13-32-58(53)67(49-25-16-22-44(40-49)51-30-19-35-62-64(51)56-28-12-15-34-61(56)69-62)50-36-37-60-57(42-50)54-27-11-14-33-59(54)68(60)48-23-8-7-9-24-48/h7-42H,1-6H3. The minimum Gasteiger partial charge on any atom is -0.456 e. The maximum atomic E-state index is 6.42. The summed E-state index contributed by atoms with van der Waals surface area (Å²) in [4.78, 5) is 2.47. The van der Waals surface area contributed by atoms with E-state index in [1.165, 1.54) is 54.9 Å². The average Bonchev–Trinajstić information content (AvgIpc) is 3.92. The topological polar surface area (TPSA) is 21.3 Å². The molecule has 0 N–H and O–H groups in total. The molecule has 0 saturated heterocycles. The molecule has 2 aromatic heterocycles. The summed E-state index contributed by atoms with van der Waals surface area (Å²) in [5.74, 6) is 0. The van der Waals surface area contributed by atoms with E-state index in [4.69, 9.17) is 4.42 Å². The number of nitrogens with zero attached hydrogens (tertiary/aromatic N) is 2. The zero-order chi connectivity index (χ0) is 47.0. The fourth-order valence-corrected chi connectivity index (χ4v) is 10.6. The number of fused-ring (bicyclic) bond motifs is 7. The number of hydrogen-bond acceptors (Lipinski definition) is 2. The molecule has 12 rings (SSSR count). The molecule has 0 fully saturated rings. The Hall–Kier alpha value is -8.14. The first-order valence-corrected chi connectivity index (χ1v) is 24.2. The smallest absolute Gasteiger partial charge is 0.136 e. The summed E-state index contributed by atoms with van der Waals surface area (Å²) in [6.45, 7) is 13.9. The molecule has 3 heteroatoms. The molecule has 0 atom stereocenters. The van der Waals surface area contributed by atoms with Crippen LogP contribution in [0, 0.1) is 0 Å². The van der Waals surface area contributed by atoms with Gasteiger partial charge in [-0.1, -0.05) is 193 Å². The van der Waals surface area contributed by atoms with Crippen LogP contribution in [0.25, 0.3) is 93.6 Å². The average molecular weight is 891 g/mol. The molecule has 0 radical (unpaired) electrons. The molecule has 0 spiro atoms. The van der Waals surface area contributed by atoms with Crippen LogP contribution in [-0.2, 0) is 10.8 Å². The van der Waals surface area contributed by atoms with Crippen molar-refractivity contribution in [3.8, 4) is 39.1 Å². The van der Waals surface area contributed by atoms with E-state index in [-0.39, 0.29) is 10.8 Å². The van der Waals surface area contributed by atoms with Crippen molar-refractivity contribution in [2.24, 2.45) is 0 Å². The van der Waals surface area contributed by atoms with E-state index in [0.29, 0.717) is 0 Å². The molecule has 0 unspecified atom stereocenters. The van der Waals surface area contributed by atoms with Crippen LogP contribution in [0.2, 0.25) is 0 Å². The summed E-state index contributed by atoms with van der Waals surface area (Å²) in [5, 5.41) is 7.10. The second-order valence-electron chi connectivity index (χ2n) is 20.6. The first-order chi connectivity index (χ1) is 33.5. The van der Waals surface area contributed by atoms with Gasteiger partial charge in [0.1, 0.15) is 11.2 Å². The van der Waals surface area contributed by atoms with Crippen molar-refractivity contribution < 1.29 is 4.42 Å². The van der Waals surface area contributed by atoms with Gasteiger partial charge in [-0.15, -0.1) is 0 Å². The van der Waals surface area contributed by atoms with Gasteiger partial charge in [0, 0.05) is 44.2 Å². The van der Waals surface area contributed by atoms with Gasteiger partial charge < -0.3 is 13.9 Å². The lowest BCUT2D eigenvalue weighted by Gasteiger charge is -2.29. The van der Waals surface area contributed by atoms with Crippen LogP contribution in [0.15, 0.2) is 223 Å². The molecule has 0 bridgehead atoms. The lowest BCUT2D eigenvalue weighted by molar-refractivity contribution is 0.569. The third-order valence-electron chi connectivity index (χ3n) is 14.1. The van der Waals surface area contributed by atoms with E-state index in [2.05, 4.69) is 263 Å². The van der Waals surface area contributed by atoms with Gasteiger partial charge in [-0.3, -0.25) is 0 Å². The Morgan fingerprint density at radius 3 is 1.72 bits per heavy atom. The molecule has 0 aliphatic carbocycles. The van der Waals surface area contributed by atoms with Crippen molar-refractivity contribution in [1.82, 2.24) is 4.57 Å². The predicted molar refractivity (Wildman–Crippen MR) is 294 cm³/mol. The van der Waals surface area contributed by atoms with Gasteiger partial charge in [-0.25, -0.2) is 0 Å². The highest BCUT2D eigenvalue weighted by Gasteiger charge is 2.25. The third kappa shape index (κ3) is 7.28. The minimum absolute atomic E-state index is 0.0181. The Kier molecular flexibility index (Phi) is 9.97. The van der Waals surface area contributed by atoms with E-state index in [0.717, 1.165) is 66.9 Å². The summed E-state index contributed by atoms with van der Waals surface area (Å²) >= 11 is 0. The van der Waals surface area contributed by atoms with Crippen LogP contribution in [-0.4, -0.2) is 4.57 Å². The van der Waals surface area contributed by atoms with Crippen molar-refractivity contribution >= 4 is 71.6 Å². The van der Waals surface area contributed by atoms with Gasteiger partial charge in [-0.2, -0.15) is 0 Å². The number of aromatic nitrogens is 1. The SMILES string of the molecule is CC(C)(C)c1cc(-c2cccc3cccc(-c4ccccc4N(c4cccc(-c5cccc6oc7ccccc7c56)c4)c4ccc5c(c4)c4ccccc4n5-c4ccccc4)c23)cc(C(C)(C)C)c1. The number of para-hydroxylation sites is 4. The van der Waals surface area contributed by atoms with Crippen molar-refractivity contribution in [2.45, 2.75) is 52.4 Å². The molecule has 0 amide bonds. The molecule has 0 aliphatic heterocycles. The van der Waals surface area contributed by atoms with Crippen molar-refractivity contribution in [3.63, 3.8) is 0 Å². The molecule has 3 nitrogen and oxygen atoms in total. The van der Waals surface area contributed by atoms with E-state index in [9.17, 15) is 0 Å². The number of anilines is 3. The molecular formula is C66H54N2O. The van der Waals surface area contributed by atoms with E-state index in [1.54, 1.807) is 0 Å². The lowest BCUT2D eigenvalue weighted by atomic mass is 9.78. The van der Waals surface area contributed by atoms with Gasteiger partial charge in [-0.05, 0) is 127 Å². The van der Waals surface area contributed by atoms with Crippen molar-refractivity contribution in [2.75, 3.05) is 4.90 Å². The quantitative estimate of drug-likeness (QED) is 0.159.